The molecule has 0 bridgehead atoms. The number of ether oxygens (including phenoxy) is 1. The molecule has 2 unspecified atom stereocenters. The summed E-state index contributed by atoms with van der Waals surface area (Å²) in [5.74, 6) is 0.640. The van der Waals surface area contributed by atoms with Gasteiger partial charge in [0.05, 0.1) is 13.2 Å². The molecule has 0 saturated carbocycles. The first-order chi connectivity index (χ1) is 18.0. The van der Waals surface area contributed by atoms with E-state index in [1.165, 1.54) is 10.4 Å². The van der Waals surface area contributed by atoms with Crippen LogP contribution in [0.4, 0.5) is 0 Å². The molecule has 0 N–H and O–H groups in total. The van der Waals surface area contributed by atoms with Crippen LogP contribution in [-0.4, -0.2) is 47.9 Å². The fourth-order valence-corrected chi connectivity index (χ4v) is 6.01. The van der Waals surface area contributed by atoms with Crippen molar-refractivity contribution in [1.82, 2.24) is 9.80 Å². The van der Waals surface area contributed by atoms with Gasteiger partial charge < -0.3 is 14.5 Å². The summed E-state index contributed by atoms with van der Waals surface area (Å²) < 4.78 is 5.35. The van der Waals surface area contributed by atoms with E-state index in [-0.39, 0.29) is 30.4 Å². The largest absolute Gasteiger partial charge is 0.497 e. The molecule has 2 atom stereocenters. The van der Waals surface area contributed by atoms with Crippen molar-refractivity contribution < 1.29 is 14.3 Å². The summed E-state index contributed by atoms with van der Waals surface area (Å²) in [4.78, 5) is 32.7. The molecule has 2 amide bonds. The second-order valence-corrected chi connectivity index (χ2v) is 10.6. The number of nitrogens with zero attached hydrogens (tertiary/aromatic N) is 2. The van der Waals surface area contributed by atoms with Crippen molar-refractivity contribution in [3.8, 4) is 5.75 Å². The lowest BCUT2D eigenvalue weighted by atomic mass is 9.93. The molecular formula is C31H32N2O3S. The monoisotopic (exact) mass is 512 g/mol. The molecule has 5 nitrogen and oxygen atoms in total. The second-order valence-electron chi connectivity index (χ2n) is 9.56. The molecular weight excluding hydrogens is 480 g/mol. The van der Waals surface area contributed by atoms with Crippen molar-refractivity contribution in [2.45, 2.75) is 38.8 Å². The van der Waals surface area contributed by atoms with Crippen molar-refractivity contribution >= 4 is 33.9 Å². The minimum absolute atomic E-state index is 0.0351. The lowest BCUT2D eigenvalue weighted by Crippen LogP contribution is -2.49. The van der Waals surface area contributed by atoms with Gasteiger partial charge >= 0.3 is 0 Å². The molecule has 0 aliphatic carbocycles. The molecule has 0 spiro atoms. The van der Waals surface area contributed by atoms with Gasteiger partial charge in [0.2, 0.25) is 5.91 Å². The van der Waals surface area contributed by atoms with Gasteiger partial charge in [0, 0.05) is 23.0 Å². The van der Waals surface area contributed by atoms with Crippen LogP contribution in [0.3, 0.4) is 0 Å². The second kappa shape index (κ2) is 10.8. The van der Waals surface area contributed by atoms with Gasteiger partial charge in [0.25, 0.3) is 5.91 Å². The topological polar surface area (TPSA) is 49.9 Å². The molecule has 1 aliphatic rings. The molecule has 1 aliphatic heterocycles. The van der Waals surface area contributed by atoms with E-state index < -0.39 is 0 Å². The maximum Gasteiger partial charge on any atom is 0.254 e. The van der Waals surface area contributed by atoms with Gasteiger partial charge in [-0.3, -0.25) is 9.59 Å². The average Bonchev–Trinajstić information content (AvgIpc) is 3.43. The van der Waals surface area contributed by atoms with Crippen LogP contribution < -0.4 is 4.74 Å². The maximum absolute atomic E-state index is 13.9. The van der Waals surface area contributed by atoms with Gasteiger partial charge in [-0.2, -0.15) is 0 Å². The molecule has 3 aromatic carbocycles. The predicted octanol–water partition coefficient (Wildman–Crippen LogP) is 6.32. The van der Waals surface area contributed by atoms with Gasteiger partial charge in [-0.05, 0) is 77.4 Å². The van der Waals surface area contributed by atoms with Crippen molar-refractivity contribution in [2.75, 3.05) is 20.2 Å². The van der Waals surface area contributed by atoms with Gasteiger partial charge in [0.1, 0.15) is 12.3 Å². The summed E-state index contributed by atoms with van der Waals surface area (Å²) in [6.45, 7) is 4.74. The van der Waals surface area contributed by atoms with Crippen molar-refractivity contribution in [2.24, 2.45) is 0 Å². The molecule has 6 heteroatoms. The molecule has 0 saturated heterocycles. The molecule has 37 heavy (non-hydrogen) atoms. The Hall–Kier alpha value is -3.64. The molecule has 0 radical (unpaired) electrons. The van der Waals surface area contributed by atoms with Crippen LogP contribution in [0.1, 0.15) is 52.7 Å². The minimum atomic E-state index is -0.178. The van der Waals surface area contributed by atoms with Crippen LogP contribution in [0.25, 0.3) is 10.8 Å². The van der Waals surface area contributed by atoms with E-state index in [4.69, 9.17) is 4.74 Å². The summed E-state index contributed by atoms with van der Waals surface area (Å²) in [5.41, 5.74) is 2.83. The Labute approximate surface area is 222 Å². The summed E-state index contributed by atoms with van der Waals surface area (Å²) in [7, 11) is 1.65. The Morgan fingerprint density at radius 3 is 2.54 bits per heavy atom. The highest BCUT2D eigenvalue weighted by molar-refractivity contribution is 7.10. The van der Waals surface area contributed by atoms with E-state index in [1.54, 1.807) is 23.3 Å². The minimum Gasteiger partial charge on any atom is -0.497 e. The number of amides is 2. The zero-order valence-electron chi connectivity index (χ0n) is 21.5. The number of carbonyl (C=O) groups is 2. The third kappa shape index (κ3) is 4.98. The van der Waals surface area contributed by atoms with Crippen molar-refractivity contribution in [3.05, 3.63) is 99.7 Å². The Bertz CT molecular complexity index is 1410. The van der Waals surface area contributed by atoms with E-state index >= 15 is 0 Å². The molecule has 0 fully saturated rings. The van der Waals surface area contributed by atoms with E-state index in [2.05, 4.69) is 18.4 Å². The Kier molecular flexibility index (Phi) is 7.28. The number of benzene rings is 3. The number of rotatable bonds is 7. The SMILES string of the molecule is CCC(C)N(CC(=O)N1CCc2sccc2C1c1ccc(OC)cc1)C(=O)c1ccc2ccccc2c1. The Balaban J connectivity index is 1.44. The van der Waals surface area contributed by atoms with Crippen LogP contribution in [-0.2, 0) is 11.2 Å². The Morgan fingerprint density at radius 1 is 1.05 bits per heavy atom. The van der Waals surface area contributed by atoms with Crippen LogP contribution in [0.15, 0.2) is 78.2 Å². The highest BCUT2D eigenvalue weighted by Gasteiger charge is 2.35. The first kappa shape index (κ1) is 25.0. The number of methoxy groups -OCH3 is 1. The van der Waals surface area contributed by atoms with Crippen molar-refractivity contribution in [3.63, 3.8) is 0 Å². The first-order valence-electron chi connectivity index (χ1n) is 12.8. The summed E-state index contributed by atoms with van der Waals surface area (Å²) in [6, 6.07) is 23.6. The van der Waals surface area contributed by atoms with Gasteiger partial charge in [-0.15, -0.1) is 11.3 Å². The molecule has 5 rings (SSSR count). The van der Waals surface area contributed by atoms with E-state index in [0.717, 1.165) is 34.9 Å². The first-order valence-corrected chi connectivity index (χ1v) is 13.7. The highest BCUT2D eigenvalue weighted by atomic mass is 32.1. The van der Waals surface area contributed by atoms with Crippen LogP contribution >= 0.6 is 11.3 Å². The number of hydrogen-bond donors (Lipinski definition) is 0. The fourth-order valence-electron chi connectivity index (χ4n) is 5.10. The van der Waals surface area contributed by atoms with Gasteiger partial charge in [-0.25, -0.2) is 0 Å². The van der Waals surface area contributed by atoms with Crippen LogP contribution in [0, 0.1) is 0 Å². The average molecular weight is 513 g/mol. The lowest BCUT2D eigenvalue weighted by Gasteiger charge is -2.38. The summed E-state index contributed by atoms with van der Waals surface area (Å²) in [5, 5.41) is 4.21. The summed E-state index contributed by atoms with van der Waals surface area (Å²) >= 11 is 1.74. The number of hydrogen-bond acceptors (Lipinski definition) is 4. The molecule has 1 aromatic heterocycles. The number of carbonyl (C=O) groups excluding carboxylic acids is 2. The lowest BCUT2D eigenvalue weighted by molar-refractivity contribution is -0.134. The third-order valence-corrected chi connectivity index (χ3v) is 8.40. The summed E-state index contributed by atoms with van der Waals surface area (Å²) in [6.07, 6.45) is 1.59. The maximum atomic E-state index is 13.9. The highest BCUT2D eigenvalue weighted by Crippen LogP contribution is 2.38. The third-order valence-electron chi connectivity index (χ3n) is 7.40. The number of fused-ring (bicyclic) bond motifs is 2. The molecule has 190 valence electrons. The van der Waals surface area contributed by atoms with E-state index in [1.807, 2.05) is 78.6 Å². The van der Waals surface area contributed by atoms with Crippen molar-refractivity contribution in [1.29, 1.82) is 0 Å². The standard InChI is InChI=1S/C31H32N2O3S/c1-4-21(2)33(31(35)25-10-9-22-7-5-6-8-24(22)19-25)20-29(34)32-17-15-28-27(16-18-37-28)30(32)23-11-13-26(36-3)14-12-23/h5-14,16,18-19,21,30H,4,15,17,20H2,1-3H3. The van der Waals surface area contributed by atoms with Gasteiger partial charge in [-0.1, -0.05) is 49.4 Å². The fraction of sp³-hybridized carbons (Fsp3) is 0.290. The van der Waals surface area contributed by atoms with E-state index in [9.17, 15) is 9.59 Å². The molecule has 2 heterocycles. The van der Waals surface area contributed by atoms with Gasteiger partial charge in [0.15, 0.2) is 0 Å². The smallest absolute Gasteiger partial charge is 0.254 e. The zero-order chi connectivity index (χ0) is 25.9. The normalized spacial score (nSPS) is 15.8. The quantitative estimate of drug-likeness (QED) is 0.291. The van der Waals surface area contributed by atoms with Crippen LogP contribution in [0.5, 0.6) is 5.75 Å². The number of thiophene rings is 1. The van der Waals surface area contributed by atoms with E-state index in [0.29, 0.717) is 12.1 Å². The van der Waals surface area contributed by atoms with Crippen LogP contribution in [0.2, 0.25) is 0 Å². The Morgan fingerprint density at radius 2 is 1.81 bits per heavy atom. The molecule has 4 aromatic rings. The zero-order valence-corrected chi connectivity index (χ0v) is 22.3. The predicted molar refractivity (Wildman–Crippen MR) is 149 cm³/mol.